The maximum Gasteiger partial charge on any atom is 0.257 e. The number of hydrogen-bond donors (Lipinski definition) is 0. The second-order valence-corrected chi connectivity index (χ2v) is 5.75. The fourth-order valence-corrected chi connectivity index (χ4v) is 2.71. The average molecular weight is 300 g/mol. The van der Waals surface area contributed by atoms with Gasteiger partial charge in [-0.05, 0) is 26.8 Å². The Bertz CT molecular complexity index is 717. The van der Waals surface area contributed by atoms with E-state index in [1.165, 1.54) is 0 Å². The minimum Gasteiger partial charge on any atom is -0.487 e. The molecule has 2 aromatic heterocycles. The molecule has 1 fully saturated rings. The number of aryl methyl sites for hydroxylation is 3. The van der Waals surface area contributed by atoms with Crippen LogP contribution in [0.4, 0.5) is 0 Å². The summed E-state index contributed by atoms with van der Waals surface area (Å²) in [6.07, 6.45) is 1.78. The summed E-state index contributed by atoms with van der Waals surface area (Å²) in [5, 5.41) is 4.30. The smallest absolute Gasteiger partial charge is 0.257 e. The lowest BCUT2D eigenvalue weighted by Crippen LogP contribution is -2.56. The predicted molar refractivity (Wildman–Crippen MR) is 82.0 cm³/mol. The molecule has 0 radical (unpaired) electrons. The zero-order valence-electron chi connectivity index (χ0n) is 13.3. The van der Waals surface area contributed by atoms with Gasteiger partial charge >= 0.3 is 0 Å². The van der Waals surface area contributed by atoms with Gasteiger partial charge in [-0.15, -0.1) is 0 Å². The van der Waals surface area contributed by atoms with Crippen LogP contribution in [0, 0.1) is 20.8 Å². The van der Waals surface area contributed by atoms with Crippen LogP contribution in [0.1, 0.15) is 27.4 Å². The van der Waals surface area contributed by atoms with Crippen molar-refractivity contribution < 1.29 is 9.53 Å². The lowest BCUT2D eigenvalue weighted by atomic mass is 10.1. The fraction of sp³-hybridized carbons (Fsp3) is 0.438. The van der Waals surface area contributed by atoms with Crippen LogP contribution >= 0.6 is 0 Å². The molecule has 1 aliphatic heterocycles. The molecule has 1 saturated heterocycles. The Morgan fingerprint density at radius 3 is 2.64 bits per heavy atom. The van der Waals surface area contributed by atoms with Crippen molar-refractivity contribution in [2.45, 2.75) is 26.9 Å². The van der Waals surface area contributed by atoms with Gasteiger partial charge in [0.15, 0.2) is 0 Å². The van der Waals surface area contributed by atoms with Gasteiger partial charge in [-0.3, -0.25) is 14.5 Å². The van der Waals surface area contributed by atoms with E-state index < -0.39 is 0 Å². The summed E-state index contributed by atoms with van der Waals surface area (Å²) >= 11 is 0. The van der Waals surface area contributed by atoms with Crippen molar-refractivity contribution in [2.24, 2.45) is 7.05 Å². The number of aromatic nitrogens is 3. The number of ether oxygens (including phenoxy) is 1. The maximum absolute atomic E-state index is 12.5. The van der Waals surface area contributed by atoms with Crippen LogP contribution < -0.4 is 4.74 Å². The number of hydrogen-bond acceptors (Lipinski definition) is 4. The quantitative estimate of drug-likeness (QED) is 0.864. The van der Waals surface area contributed by atoms with Crippen molar-refractivity contribution in [2.75, 3.05) is 13.1 Å². The highest BCUT2D eigenvalue weighted by atomic mass is 16.5. The largest absolute Gasteiger partial charge is 0.487 e. The van der Waals surface area contributed by atoms with E-state index in [2.05, 4.69) is 10.1 Å². The molecule has 0 aromatic carbocycles. The molecule has 22 heavy (non-hydrogen) atoms. The van der Waals surface area contributed by atoms with Crippen molar-refractivity contribution in [3.05, 3.63) is 41.0 Å². The topological polar surface area (TPSA) is 60.2 Å². The molecule has 1 amide bonds. The first-order valence-electron chi connectivity index (χ1n) is 7.34. The average Bonchev–Trinajstić information content (AvgIpc) is 2.66. The second-order valence-electron chi connectivity index (χ2n) is 5.75. The van der Waals surface area contributed by atoms with Gasteiger partial charge in [0.05, 0.1) is 24.3 Å². The maximum atomic E-state index is 12.5. The summed E-state index contributed by atoms with van der Waals surface area (Å²) in [4.78, 5) is 18.5. The number of carbonyl (C=O) groups excluding carboxylic acids is 1. The summed E-state index contributed by atoms with van der Waals surface area (Å²) in [5.41, 5.74) is 3.31. The third-order valence-corrected chi connectivity index (χ3v) is 4.03. The van der Waals surface area contributed by atoms with Gasteiger partial charge in [0.2, 0.25) is 0 Å². The Morgan fingerprint density at radius 1 is 1.32 bits per heavy atom. The SMILES string of the molecule is Cc1cc(OC2CN(C(=O)c3c(C)nn(C)c3C)C2)ccn1. The van der Waals surface area contributed by atoms with E-state index in [0.717, 1.165) is 22.8 Å². The monoisotopic (exact) mass is 300 g/mol. The molecular formula is C16H20N4O2. The molecule has 116 valence electrons. The minimum atomic E-state index is 0.0360. The Hall–Kier alpha value is -2.37. The first-order chi connectivity index (χ1) is 10.5. The number of pyridine rings is 1. The molecule has 1 aliphatic rings. The molecule has 3 rings (SSSR count). The number of likely N-dealkylation sites (tertiary alicyclic amines) is 1. The molecule has 0 saturated carbocycles. The third-order valence-electron chi connectivity index (χ3n) is 4.03. The molecule has 0 aliphatic carbocycles. The number of nitrogens with zero attached hydrogens (tertiary/aromatic N) is 4. The van der Waals surface area contributed by atoms with E-state index in [1.807, 2.05) is 40.0 Å². The lowest BCUT2D eigenvalue weighted by Gasteiger charge is -2.39. The van der Waals surface area contributed by atoms with E-state index in [1.54, 1.807) is 15.8 Å². The third kappa shape index (κ3) is 2.56. The zero-order valence-corrected chi connectivity index (χ0v) is 13.3. The first-order valence-corrected chi connectivity index (χ1v) is 7.34. The van der Waals surface area contributed by atoms with E-state index in [0.29, 0.717) is 18.7 Å². The zero-order chi connectivity index (χ0) is 15.9. The van der Waals surface area contributed by atoms with Crippen LogP contribution in [-0.4, -0.2) is 44.8 Å². The Kier molecular flexibility index (Phi) is 3.60. The number of amides is 1. The molecule has 0 spiro atoms. The summed E-state index contributed by atoms with van der Waals surface area (Å²) < 4.78 is 7.60. The normalized spacial score (nSPS) is 14.8. The molecule has 0 atom stereocenters. The van der Waals surface area contributed by atoms with Crippen LogP contribution in [0.2, 0.25) is 0 Å². The number of rotatable bonds is 3. The van der Waals surface area contributed by atoms with Gasteiger partial charge < -0.3 is 9.64 Å². The van der Waals surface area contributed by atoms with Crippen molar-refractivity contribution in [3.8, 4) is 5.75 Å². The van der Waals surface area contributed by atoms with Gasteiger partial charge in [-0.2, -0.15) is 5.10 Å². The van der Waals surface area contributed by atoms with Crippen molar-refractivity contribution in [1.29, 1.82) is 0 Å². The molecule has 3 heterocycles. The second kappa shape index (κ2) is 5.44. The van der Waals surface area contributed by atoms with Crippen LogP contribution in [0.3, 0.4) is 0 Å². The van der Waals surface area contributed by atoms with E-state index in [4.69, 9.17) is 4.74 Å². The van der Waals surface area contributed by atoms with Crippen molar-refractivity contribution in [1.82, 2.24) is 19.7 Å². The molecule has 0 bridgehead atoms. The van der Waals surface area contributed by atoms with Gasteiger partial charge in [-0.25, -0.2) is 0 Å². The Labute approximate surface area is 129 Å². The molecule has 6 nitrogen and oxygen atoms in total. The molecule has 2 aromatic rings. The summed E-state index contributed by atoms with van der Waals surface area (Å²) in [6, 6.07) is 3.74. The molecule has 0 N–H and O–H groups in total. The standard InChI is InChI=1S/C16H20N4O2/c1-10-7-13(5-6-17-10)22-14-8-20(9-14)16(21)15-11(2)18-19(4)12(15)3/h5-7,14H,8-9H2,1-4H3. The molecule has 0 unspecified atom stereocenters. The van der Waals surface area contributed by atoms with E-state index >= 15 is 0 Å². The van der Waals surface area contributed by atoms with E-state index in [9.17, 15) is 4.79 Å². The van der Waals surface area contributed by atoms with E-state index in [-0.39, 0.29) is 12.0 Å². The highest BCUT2D eigenvalue weighted by molar-refractivity contribution is 5.97. The Morgan fingerprint density at radius 2 is 2.05 bits per heavy atom. The van der Waals surface area contributed by atoms with Crippen LogP contribution in [0.25, 0.3) is 0 Å². The van der Waals surface area contributed by atoms with Crippen LogP contribution in [0.15, 0.2) is 18.3 Å². The van der Waals surface area contributed by atoms with Crippen molar-refractivity contribution in [3.63, 3.8) is 0 Å². The number of carbonyl (C=O) groups is 1. The molecule has 6 heteroatoms. The highest BCUT2D eigenvalue weighted by Gasteiger charge is 2.35. The highest BCUT2D eigenvalue weighted by Crippen LogP contribution is 2.22. The Balaban J connectivity index is 1.62. The van der Waals surface area contributed by atoms with Crippen LogP contribution in [-0.2, 0) is 7.05 Å². The van der Waals surface area contributed by atoms with Crippen molar-refractivity contribution >= 4 is 5.91 Å². The van der Waals surface area contributed by atoms with Gasteiger partial charge in [-0.1, -0.05) is 0 Å². The summed E-state index contributed by atoms with van der Waals surface area (Å²) in [6.45, 7) is 6.92. The fourth-order valence-electron chi connectivity index (χ4n) is 2.71. The summed E-state index contributed by atoms with van der Waals surface area (Å²) in [7, 11) is 1.85. The van der Waals surface area contributed by atoms with Gasteiger partial charge in [0, 0.05) is 30.7 Å². The summed E-state index contributed by atoms with van der Waals surface area (Å²) in [5.74, 6) is 0.840. The molecular weight excluding hydrogens is 280 g/mol. The van der Waals surface area contributed by atoms with Gasteiger partial charge in [0.1, 0.15) is 11.9 Å². The van der Waals surface area contributed by atoms with Crippen LogP contribution in [0.5, 0.6) is 5.75 Å². The lowest BCUT2D eigenvalue weighted by molar-refractivity contribution is 0.0176. The van der Waals surface area contributed by atoms with Gasteiger partial charge in [0.25, 0.3) is 5.91 Å². The predicted octanol–water partition coefficient (Wildman–Crippen LogP) is 1.64. The first kappa shape index (κ1) is 14.6. The minimum absolute atomic E-state index is 0.0360.